The van der Waals surface area contributed by atoms with Gasteiger partial charge < -0.3 is 9.84 Å². The molecule has 156 valence electrons. The van der Waals surface area contributed by atoms with Crippen molar-refractivity contribution >= 4 is 5.97 Å². The van der Waals surface area contributed by atoms with E-state index in [9.17, 15) is 4.79 Å². The summed E-state index contributed by atoms with van der Waals surface area (Å²) in [4.78, 5) is 11.0. The van der Waals surface area contributed by atoms with Crippen molar-refractivity contribution in [3.8, 4) is 0 Å². The highest BCUT2D eigenvalue weighted by atomic mass is 16.5. The van der Waals surface area contributed by atoms with E-state index >= 15 is 0 Å². The van der Waals surface area contributed by atoms with E-state index in [0.29, 0.717) is 12.0 Å². The average molecular weight is 379 g/mol. The zero-order chi connectivity index (χ0) is 19.8. The molecule has 1 N–H and O–H groups in total. The molecule has 0 amide bonds. The molecule has 27 heavy (non-hydrogen) atoms. The minimum atomic E-state index is -0.854. The van der Waals surface area contributed by atoms with Crippen LogP contribution < -0.4 is 0 Å². The molecule has 0 saturated carbocycles. The third-order valence-electron chi connectivity index (χ3n) is 5.84. The summed E-state index contributed by atoms with van der Waals surface area (Å²) in [6, 6.07) is 0. The van der Waals surface area contributed by atoms with Gasteiger partial charge in [-0.15, -0.1) is 0 Å². The fourth-order valence-electron chi connectivity index (χ4n) is 3.88. The van der Waals surface area contributed by atoms with Gasteiger partial charge in [-0.3, -0.25) is 0 Å². The van der Waals surface area contributed by atoms with Gasteiger partial charge in [0.15, 0.2) is 0 Å². The van der Waals surface area contributed by atoms with Gasteiger partial charge in [0.2, 0.25) is 0 Å². The SMILES string of the molecule is CCCCCCCCCCCCCCCCC1(OC)C=CC(C(=O)O)=CC1. The number of rotatable bonds is 17. The number of hydrogen-bond donors (Lipinski definition) is 1. The predicted molar refractivity (Wildman–Crippen MR) is 114 cm³/mol. The maximum absolute atomic E-state index is 11.0. The van der Waals surface area contributed by atoms with E-state index in [1.54, 1.807) is 19.3 Å². The van der Waals surface area contributed by atoms with Crippen molar-refractivity contribution in [2.45, 2.75) is 115 Å². The Kier molecular flexibility index (Phi) is 13.2. The Bertz CT molecular complexity index is 453. The first kappa shape index (κ1) is 23.9. The van der Waals surface area contributed by atoms with Crippen LogP contribution in [-0.4, -0.2) is 23.8 Å². The van der Waals surface area contributed by atoms with E-state index in [2.05, 4.69) is 6.92 Å². The Balaban J connectivity index is 1.95. The van der Waals surface area contributed by atoms with Crippen LogP contribution in [-0.2, 0) is 9.53 Å². The summed E-state index contributed by atoms with van der Waals surface area (Å²) in [7, 11) is 1.73. The van der Waals surface area contributed by atoms with Crippen LogP contribution in [0.15, 0.2) is 23.8 Å². The standard InChI is InChI=1S/C24H42O3/c1-3-4-5-6-7-8-9-10-11-12-13-14-15-16-19-24(27-2)20-17-22(18-21-24)23(25)26/h17-18,20H,3-16,19,21H2,1-2H3,(H,25,26). The smallest absolute Gasteiger partial charge is 0.335 e. The van der Waals surface area contributed by atoms with Crippen molar-refractivity contribution in [1.29, 1.82) is 0 Å². The third-order valence-corrected chi connectivity index (χ3v) is 5.84. The van der Waals surface area contributed by atoms with Crippen LogP contribution in [0.1, 0.15) is 110 Å². The summed E-state index contributed by atoms with van der Waals surface area (Å²) >= 11 is 0. The molecule has 0 bridgehead atoms. The normalized spacial score (nSPS) is 19.3. The van der Waals surface area contributed by atoms with Crippen molar-refractivity contribution in [1.82, 2.24) is 0 Å². The van der Waals surface area contributed by atoms with Crippen LogP contribution in [0, 0.1) is 0 Å². The molecule has 0 aromatic rings. The average Bonchev–Trinajstić information content (AvgIpc) is 2.68. The first-order valence-electron chi connectivity index (χ1n) is 11.3. The second-order valence-electron chi connectivity index (χ2n) is 8.12. The molecule has 0 saturated heterocycles. The van der Waals surface area contributed by atoms with Crippen molar-refractivity contribution in [3.63, 3.8) is 0 Å². The molecule has 0 heterocycles. The van der Waals surface area contributed by atoms with Crippen molar-refractivity contribution in [2.24, 2.45) is 0 Å². The lowest BCUT2D eigenvalue weighted by molar-refractivity contribution is -0.132. The van der Waals surface area contributed by atoms with Crippen LogP contribution in [0.2, 0.25) is 0 Å². The molecule has 0 radical (unpaired) electrons. The van der Waals surface area contributed by atoms with Gasteiger partial charge in [-0.25, -0.2) is 4.79 Å². The number of hydrogen-bond acceptors (Lipinski definition) is 2. The molecule has 1 atom stereocenters. The van der Waals surface area contributed by atoms with E-state index in [-0.39, 0.29) is 5.60 Å². The molecule has 0 fully saturated rings. The second-order valence-corrected chi connectivity index (χ2v) is 8.12. The summed E-state index contributed by atoms with van der Waals surface area (Å²) in [6.45, 7) is 2.27. The topological polar surface area (TPSA) is 46.5 Å². The largest absolute Gasteiger partial charge is 0.478 e. The highest BCUT2D eigenvalue weighted by molar-refractivity contribution is 5.90. The fraction of sp³-hybridized carbons (Fsp3) is 0.792. The van der Waals surface area contributed by atoms with Crippen LogP contribution in [0.3, 0.4) is 0 Å². The lowest BCUT2D eigenvalue weighted by atomic mass is 9.87. The Labute approximate surface area is 167 Å². The van der Waals surface area contributed by atoms with E-state index in [1.165, 1.54) is 83.5 Å². The van der Waals surface area contributed by atoms with Crippen LogP contribution >= 0.6 is 0 Å². The van der Waals surface area contributed by atoms with Crippen molar-refractivity contribution in [2.75, 3.05) is 7.11 Å². The Hall–Kier alpha value is -1.09. The van der Waals surface area contributed by atoms with Crippen LogP contribution in [0.4, 0.5) is 0 Å². The number of methoxy groups -OCH3 is 1. The van der Waals surface area contributed by atoms with Gasteiger partial charge in [0.25, 0.3) is 0 Å². The zero-order valence-corrected chi connectivity index (χ0v) is 17.8. The monoisotopic (exact) mass is 378 g/mol. The van der Waals surface area contributed by atoms with Gasteiger partial charge in [0.1, 0.15) is 0 Å². The minimum absolute atomic E-state index is 0.296. The quantitative estimate of drug-likeness (QED) is 0.272. The Morgan fingerprint density at radius 1 is 0.926 bits per heavy atom. The maximum atomic E-state index is 11.0. The van der Waals surface area contributed by atoms with Gasteiger partial charge in [0.05, 0.1) is 11.2 Å². The fourth-order valence-corrected chi connectivity index (χ4v) is 3.88. The summed E-state index contributed by atoms with van der Waals surface area (Å²) in [5.41, 5.74) is 0.0828. The minimum Gasteiger partial charge on any atom is -0.478 e. The highest BCUT2D eigenvalue weighted by Crippen LogP contribution is 2.30. The van der Waals surface area contributed by atoms with Gasteiger partial charge >= 0.3 is 5.97 Å². The molecule has 0 aromatic carbocycles. The summed E-state index contributed by atoms with van der Waals surface area (Å²) < 4.78 is 5.70. The highest BCUT2D eigenvalue weighted by Gasteiger charge is 2.28. The van der Waals surface area contributed by atoms with Gasteiger partial charge in [-0.1, -0.05) is 109 Å². The summed E-state index contributed by atoms with van der Waals surface area (Å²) in [5.74, 6) is -0.854. The number of ether oxygens (including phenoxy) is 1. The zero-order valence-electron chi connectivity index (χ0n) is 17.8. The number of carbonyl (C=O) groups is 1. The summed E-state index contributed by atoms with van der Waals surface area (Å²) in [5, 5.41) is 9.03. The van der Waals surface area contributed by atoms with E-state index in [1.807, 2.05) is 6.08 Å². The first-order valence-corrected chi connectivity index (χ1v) is 11.3. The second kappa shape index (κ2) is 14.9. The predicted octanol–water partition coefficient (Wildman–Crippen LogP) is 7.21. The first-order chi connectivity index (χ1) is 13.1. The number of carboxylic acid groups (broad SMARTS) is 1. The van der Waals surface area contributed by atoms with E-state index in [0.717, 1.165) is 12.8 Å². The number of aliphatic carboxylic acids is 1. The lowest BCUT2D eigenvalue weighted by Crippen LogP contribution is -2.30. The van der Waals surface area contributed by atoms with Crippen molar-refractivity contribution in [3.05, 3.63) is 23.8 Å². The molecule has 1 aliphatic rings. The molecule has 0 aromatic heterocycles. The molecule has 3 heteroatoms. The molecular formula is C24H42O3. The van der Waals surface area contributed by atoms with Crippen LogP contribution in [0.25, 0.3) is 0 Å². The van der Waals surface area contributed by atoms with Crippen LogP contribution in [0.5, 0.6) is 0 Å². The Morgan fingerprint density at radius 2 is 1.41 bits per heavy atom. The molecule has 3 nitrogen and oxygen atoms in total. The number of unbranched alkanes of at least 4 members (excludes halogenated alkanes) is 13. The van der Waals surface area contributed by atoms with Gasteiger partial charge in [-0.05, 0) is 18.9 Å². The lowest BCUT2D eigenvalue weighted by Gasteiger charge is -2.30. The third kappa shape index (κ3) is 10.7. The van der Waals surface area contributed by atoms with E-state index < -0.39 is 5.97 Å². The molecule has 1 rings (SSSR count). The maximum Gasteiger partial charge on any atom is 0.335 e. The molecule has 1 aliphatic carbocycles. The Morgan fingerprint density at radius 3 is 1.78 bits per heavy atom. The molecular weight excluding hydrogens is 336 g/mol. The molecule has 1 unspecified atom stereocenters. The summed E-state index contributed by atoms with van der Waals surface area (Å²) in [6.07, 6.45) is 26.1. The number of carboxylic acids is 1. The van der Waals surface area contributed by atoms with Gasteiger partial charge in [0, 0.05) is 7.11 Å². The van der Waals surface area contributed by atoms with E-state index in [4.69, 9.17) is 9.84 Å². The molecule has 0 spiro atoms. The van der Waals surface area contributed by atoms with Gasteiger partial charge in [-0.2, -0.15) is 0 Å². The molecule has 0 aliphatic heterocycles. The van der Waals surface area contributed by atoms with Crippen molar-refractivity contribution < 1.29 is 14.6 Å².